The summed E-state index contributed by atoms with van der Waals surface area (Å²) in [7, 11) is 3.98. The van der Waals surface area contributed by atoms with E-state index in [1.807, 2.05) is 45.6 Å². The van der Waals surface area contributed by atoms with E-state index < -0.39 is 0 Å². The molecule has 0 saturated carbocycles. The Balaban J connectivity index is 1.45. The second kappa shape index (κ2) is 7.13. The molecule has 1 amide bonds. The van der Waals surface area contributed by atoms with Gasteiger partial charge in [-0.25, -0.2) is 4.52 Å². The molecule has 7 nitrogen and oxygen atoms in total. The maximum atomic E-state index is 13.0. The van der Waals surface area contributed by atoms with E-state index in [0.717, 1.165) is 23.3 Å². The van der Waals surface area contributed by atoms with E-state index in [1.54, 1.807) is 11.3 Å². The number of aromatic nitrogens is 4. The lowest BCUT2D eigenvalue weighted by atomic mass is 10.1. The number of carbonyl (C=O) groups is 1. The molecule has 1 aliphatic rings. The van der Waals surface area contributed by atoms with Gasteiger partial charge in [-0.15, -0.1) is 5.10 Å². The predicted octanol–water partition coefficient (Wildman–Crippen LogP) is 2.93. The molecule has 29 heavy (non-hydrogen) atoms. The van der Waals surface area contributed by atoms with Gasteiger partial charge in [-0.05, 0) is 47.6 Å². The number of carbonyl (C=O) groups excluding carboxylic acids is 1. The van der Waals surface area contributed by atoms with Crippen molar-refractivity contribution < 1.29 is 4.79 Å². The number of hydrogen-bond acceptors (Lipinski definition) is 5. The summed E-state index contributed by atoms with van der Waals surface area (Å²) in [4.78, 5) is 17.2. The monoisotopic (exact) mass is 406 g/mol. The maximum Gasteiger partial charge on any atom is 0.270 e. The highest BCUT2D eigenvalue weighted by atomic mass is 32.1. The number of piperazine rings is 1. The lowest BCUT2D eigenvalue weighted by Crippen LogP contribution is -2.49. The molecule has 0 N–H and O–H groups in total. The van der Waals surface area contributed by atoms with Crippen molar-refractivity contribution in [3.8, 4) is 11.1 Å². The number of aryl methyl sites for hydroxylation is 1. The average Bonchev–Trinajstić information content (AvgIpc) is 3.48. The van der Waals surface area contributed by atoms with E-state index in [4.69, 9.17) is 0 Å². The molecule has 1 unspecified atom stereocenters. The summed E-state index contributed by atoms with van der Waals surface area (Å²) < 4.78 is 3.71. The first-order valence-electron chi connectivity index (χ1n) is 9.60. The highest BCUT2D eigenvalue weighted by Crippen LogP contribution is 2.29. The Morgan fingerprint density at radius 2 is 2.03 bits per heavy atom. The molecule has 1 atom stereocenters. The third-order valence-electron chi connectivity index (χ3n) is 5.71. The molecule has 8 heteroatoms. The molecule has 0 spiro atoms. The van der Waals surface area contributed by atoms with E-state index in [0.29, 0.717) is 18.8 Å². The van der Waals surface area contributed by atoms with Crippen molar-refractivity contribution in [3.05, 3.63) is 64.9 Å². The minimum atomic E-state index is 0.0115. The van der Waals surface area contributed by atoms with Gasteiger partial charge in [-0.2, -0.15) is 11.3 Å². The molecule has 0 aromatic carbocycles. The first-order chi connectivity index (χ1) is 14.1. The number of likely N-dealkylation sites (N-methyl/N-ethyl adjacent to an activating group) is 1. The summed E-state index contributed by atoms with van der Waals surface area (Å²) in [5.41, 5.74) is 4.90. The molecule has 5 rings (SSSR count). The largest absolute Gasteiger partial charge is 0.347 e. The first-order valence-corrected chi connectivity index (χ1v) is 10.5. The zero-order chi connectivity index (χ0) is 20.0. The van der Waals surface area contributed by atoms with Crippen LogP contribution in [0.1, 0.15) is 22.2 Å². The molecule has 1 aliphatic heterocycles. The summed E-state index contributed by atoms with van der Waals surface area (Å²) in [6, 6.07) is 10.1. The van der Waals surface area contributed by atoms with Crippen LogP contribution in [0.25, 0.3) is 16.6 Å². The van der Waals surface area contributed by atoms with Gasteiger partial charge in [0.1, 0.15) is 11.4 Å². The van der Waals surface area contributed by atoms with Gasteiger partial charge in [0.2, 0.25) is 0 Å². The molecule has 1 fully saturated rings. The van der Waals surface area contributed by atoms with Gasteiger partial charge in [-0.1, -0.05) is 11.3 Å². The van der Waals surface area contributed by atoms with E-state index in [2.05, 4.69) is 51.2 Å². The van der Waals surface area contributed by atoms with Crippen molar-refractivity contribution in [3.63, 3.8) is 0 Å². The van der Waals surface area contributed by atoms with Crippen molar-refractivity contribution >= 4 is 22.8 Å². The Morgan fingerprint density at radius 1 is 1.14 bits per heavy atom. The fourth-order valence-electron chi connectivity index (χ4n) is 3.95. The Hall–Kier alpha value is -2.97. The number of hydrogen-bond donors (Lipinski definition) is 0. The smallest absolute Gasteiger partial charge is 0.270 e. The Kier molecular flexibility index (Phi) is 4.44. The quantitative estimate of drug-likeness (QED) is 0.525. The van der Waals surface area contributed by atoms with Gasteiger partial charge >= 0.3 is 0 Å². The summed E-state index contributed by atoms with van der Waals surface area (Å²) in [6.07, 6.45) is 3.92. The Morgan fingerprint density at radius 3 is 2.79 bits per heavy atom. The number of thiophene rings is 1. The number of pyridine rings is 1. The topological polar surface area (TPSA) is 58.7 Å². The van der Waals surface area contributed by atoms with Crippen molar-refractivity contribution in [2.45, 2.75) is 6.04 Å². The van der Waals surface area contributed by atoms with Crippen LogP contribution in [0.3, 0.4) is 0 Å². The van der Waals surface area contributed by atoms with Crippen LogP contribution in [-0.2, 0) is 7.05 Å². The summed E-state index contributed by atoms with van der Waals surface area (Å²) >= 11 is 1.68. The molecule has 0 aliphatic carbocycles. The molecular weight excluding hydrogens is 384 g/mol. The van der Waals surface area contributed by atoms with Crippen LogP contribution >= 0.6 is 11.3 Å². The fraction of sp³-hybridized carbons (Fsp3) is 0.286. The maximum absolute atomic E-state index is 13.0. The van der Waals surface area contributed by atoms with Crippen LogP contribution in [0.4, 0.5) is 0 Å². The first kappa shape index (κ1) is 18.1. The third-order valence-corrected chi connectivity index (χ3v) is 6.39. The number of rotatable bonds is 3. The summed E-state index contributed by atoms with van der Waals surface area (Å²) in [5.74, 6) is 0.0619. The zero-order valence-corrected chi connectivity index (χ0v) is 17.2. The molecule has 0 bridgehead atoms. The summed E-state index contributed by atoms with van der Waals surface area (Å²) in [5, 5.41) is 13.1. The van der Waals surface area contributed by atoms with Gasteiger partial charge in [0.05, 0.1) is 11.6 Å². The molecule has 4 aromatic heterocycles. The normalized spacial score (nSPS) is 17.9. The average molecular weight is 407 g/mol. The molecular formula is C21H22N6OS. The van der Waals surface area contributed by atoms with Gasteiger partial charge < -0.3 is 9.47 Å². The second-order valence-corrected chi connectivity index (χ2v) is 8.27. The van der Waals surface area contributed by atoms with Gasteiger partial charge in [0.25, 0.3) is 5.91 Å². The fourth-order valence-corrected chi connectivity index (χ4v) is 4.61. The van der Waals surface area contributed by atoms with Gasteiger partial charge in [0.15, 0.2) is 0 Å². The Labute approximate surface area is 172 Å². The van der Waals surface area contributed by atoms with Crippen molar-refractivity contribution in [1.29, 1.82) is 0 Å². The highest BCUT2D eigenvalue weighted by molar-refractivity contribution is 7.08. The predicted molar refractivity (Wildman–Crippen MR) is 113 cm³/mol. The van der Waals surface area contributed by atoms with E-state index in [9.17, 15) is 4.79 Å². The molecule has 1 saturated heterocycles. The molecule has 5 heterocycles. The van der Waals surface area contributed by atoms with Crippen molar-refractivity contribution in [2.75, 3.05) is 26.7 Å². The number of amides is 1. The van der Waals surface area contributed by atoms with Gasteiger partial charge in [0, 0.05) is 44.6 Å². The minimum absolute atomic E-state index is 0.0115. The number of fused-ring (bicyclic) bond motifs is 1. The van der Waals surface area contributed by atoms with E-state index in [-0.39, 0.29) is 11.9 Å². The van der Waals surface area contributed by atoms with Crippen molar-refractivity contribution in [1.82, 2.24) is 29.2 Å². The second-order valence-electron chi connectivity index (χ2n) is 7.49. The third kappa shape index (κ3) is 3.14. The van der Waals surface area contributed by atoms with Crippen LogP contribution in [0, 0.1) is 0 Å². The standard InChI is InChI=1S/C21H22N6OS/c1-24-8-3-4-18(24)21(28)26-10-9-25(2)19(13-26)20-17-6-5-15(12-27(17)23-22-20)16-7-11-29-14-16/h3-8,11-12,14,19H,9-10,13H2,1-2H3. The Bertz CT molecular complexity index is 1160. The van der Waals surface area contributed by atoms with Crippen LogP contribution < -0.4 is 0 Å². The van der Waals surface area contributed by atoms with Crippen LogP contribution in [-0.4, -0.2) is 61.8 Å². The molecule has 148 valence electrons. The van der Waals surface area contributed by atoms with Gasteiger partial charge in [-0.3, -0.25) is 9.69 Å². The molecule has 0 radical (unpaired) electrons. The van der Waals surface area contributed by atoms with E-state index in [1.165, 1.54) is 5.56 Å². The SMILES string of the molecule is CN1CCN(C(=O)c2cccn2C)CC1c1nnn2cc(-c3ccsc3)ccc12. The van der Waals surface area contributed by atoms with E-state index >= 15 is 0 Å². The molecule has 4 aromatic rings. The van der Waals surface area contributed by atoms with Crippen LogP contribution in [0.15, 0.2) is 53.5 Å². The number of nitrogens with zero attached hydrogens (tertiary/aromatic N) is 6. The van der Waals surface area contributed by atoms with Crippen LogP contribution in [0.2, 0.25) is 0 Å². The zero-order valence-electron chi connectivity index (χ0n) is 16.4. The lowest BCUT2D eigenvalue weighted by Gasteiger charge is -2.38. The highest BCUT2D eigenvalue weighted by Gasteiger charge is 2.32. The summed E-state index contributed by atoms with van der Waals surface area (Å²) in [6.45, 7) is 2.10. The van der Waals surface area contributed by atoms with Crippen molar-refractivity contribution in [2.24, 2.45) is 7.05 Å². The minimum Gasteiger partial charge on any atom is -0.347 e. The lowest BCUT2D eigenvalue weighted by molar-refractivity contribution is 0.0533. The van der Waals surface area contributed by atoms with Crippen LogP contribution in [0.5, 0.6) is 0 Å².